The summed E-state index contributed by atoms with van der Waals surface area (Å²) in [6.07, 6.45) is 2.28. The molecule has 0 fully saturated rings. The number of unbranched alkanes of at least 4 members (excludes halogenated alkanes) is 1. The Labute approximate surface area is 122 Å². The highest BCUT2D eigenvalue weighted by Crippen LogP contribution is 2.11. The minimum absolute atomic E-state index is 0.542. The molecule has 1 rings (SSSR count). The Kier molecular flexibility index (Phi) is 9.84. The molecule has 0 aromatic heterocycles. The van der Waals surface area contributed by atoms with Gasteiger partial charge in [-0.3, -0.25) is 0 Å². The molecule has 0 aliphatic heterocycles. The molecule has 0 amide bonds. The van der Waals surface area contributed by atoms with Crippen LogP contribution in [0.15, 0.2) is 36.9 Å². The van der Waals surface area contributed by atoms with Gasteiger partial charge in [0.1, 0.15) is 0 Å². The van der Waals surface area contributed by atoms with Gasteiger partial charge in [-0.25, -0.2) is 0 Å². The molecule has 3 nitrogen and oxygen atoms in total. The first kappa shape index (κ1) is 16.9. The third kappa shape index (κ3) is 8.10. The van der Waals surface area contributed by atoms with E-state index in [0.717, 1.165) is 24.2 Å². The normalized spacial score (nSPS) is 10.7. The second-order valence-electron chi connectivity index (χ2n) is 4.60. The van der Waals surface area contributed by atoms with Crippen molar-refractivity contribution in [2.24, 2.45) is 0 Å². The van der Waals surface area contributed by atoms with Gasteiger partial charge in [0.25, 0.3) is 0 Å². The summed E-state index contributed by atoms with van der Waals surface area (Å²) in [5.41, 5.74) is 2.12. The molecule has 0 aliphatic rings. The summed E-state index contributed by atoms with van der Waals surface area (Å²) in [6, 6.07) is 10.1. The van der Waals surface area contributed by atoms with E-state index >= 15 is 0 Å². The Morgan fingerprint density at radius 2 is 1.50 bits per heavy atom. The molecular weight excluding hydrogens is 252 g/mol. The summed E-state index contributed by atoms with van der Waals surface area (Å²) < 4.78 is 16.3. The summed E-state index contributed by atoms with van der Waals surface area (Å²) in [6.45, 7) is 10.0. The molecule has 0 atom stereocenters. The predicted molar refractivity (Wildman–Crippen MR) is 82.8 cm³/mol. The van der Waals surface area contributed by atoms with Crippen molar-refractivity contribution in [1.29, 1.82) is 0 Å². The Balaban J connectivity index is 1.91. The second kappa shape index (κ2) is 11.6. The SMILES string of the molecule is C=C(COCCOCCOCCCC)c1ccccc1. The topological polar surface area (TPSA) is 27.7 Å². The lowest BCUT2D eigenvalue weighted by Gasteiger charge is -2.08. The van der Waals surface area contributed by atoms with Crippen molar-refractivity contribution in [3.63, 3.8) is 0 Å². The molecule has 0 unspecified atom stereocenters. The number of rotatable bonds is 12. The summed E-state index contributed by atoms with van der Waals surface area (Å²) >= 11 is 0. The van der Waals surface area contributed by atoms with Crippen molar-refractivity contribution in [1.82, 2.24) is 0 Å². The quantitative estimate of drug-likeness (QED) is 0.547. The van der Waals surface area contributed by atoms with Crippen LogP contribution in [0, 0.1) is 0 Å². The van der Waals surface area contributed by atoms with Crippen molar-refractivity contribution in [3.8, 4) is 0 Å². The van der Waals surface area contributed by atoms with E-state index in [1.807, 2.05) is 30.3 Å². The van der Waals surface area contributed by atoms with Gasteiger partial charge in [-0.15, -0.1) is 0 Å². The maximum Gasteiger partial charge on any atom is 0.0718 e. The zero-order valence-electron chi connectivity index (χ0n) is 12.5. The number of benzene rings is 1. The predicted octanol–water partition coefficient (Wildman–Crippen LogP) is 3.55. The van der Waals surface area contributed by atoms with Gasteiger partial charge in [0.2, 0.25) is 0 Å². The fourth-order valence-electron chi connectivity index (χ4n) is 1.64. The highest BCUT2D eigenvalue weighted by Gasteiger charge is 1.98. The van der Waals surface area contributed by atoms with Gasteiger partial charge in [-0.05, 0) is 17.6 Å². The summed E-state index contributed by atoms with van der Waals surface area (Å²) in [7, 11) is 0. The largest absolute Gasteiger partial charge is 0.379 e. The van der Waals surface area contributed by atoms with Crippen LogP contribution in [-0.2, 0) is 14.2 Å². The maximum absolute atomic E-state index is 5.53. The number of hydrogen-bond donors (Lipinski definition) is 0. The Bertz CT molecular complexity index is 349. The molecule has 0 radical (unpaired) electrons. The number of hydrogen-bond acceptors (Lipinski definition) is 3. The molecule has 0 saturated carbocycles. The third-order valence-corrected chi connectivity index (χ3v) is 2.84. The molecule has 0 saturated heterocycles. The van der Waals surface area contributed by atoms with Crippen LogP contribution in [0.3, 0.4) is 0 Å². The molecule has 0 heterocycles. The second-order valence-corrected chi connectivity index (χ2v) is 4.60. The van der Waals surface area contributed by atoms with E-state index < -0.39 is 0 Å². The average molecular weight is 278 g/mol. The first-order valence-electron chi connectivity index (χ1n) is 7.31. The summed E-state index contributed by atoms with van der Waals surface area (Å²) in [5, 5.41) is 0. The van der Waals surface area contributed by atoms with Crippen LogP contribution in [0.1, 0.15) is 25.3 Å². The fourth-order valence-corrected chi connectivity index (χ4v) is 1.64. The van der Waals surface area contributed by atoms with Crippen LogP contribution in [0.2, 0.25) is 0 Å². The van der Waals surface area contributed by atoms with E-state index in [-0.39, 0.29) is 0 Å². The van der Waals surface area contributed by atoms with Crippen LogP contribution in [0.25, 0.3) is 5.57 Å². The molecule has 0 bridgehead atoms. The van der Waals surface area contributed by atoms with Gasteiger partial charge in [-0.1, -0.05) is 50.3 Å². The van der Waals surface area contributed by atoms with Gasteiger partial charge >= 0.3 is 0 Å². The van der Waals surface area contributed by atoms with Crippen LogP contribution in [-0.4, -0.2) is 39.6 Å². The zero-order chi connectivity index (χ0) is 14.5. The van der Waals surface area contributed by atoms with Crippen molar-refractivity contribution in [3.05, 3.63) is 42.5 Å². The van der Waals surface area contributed by atoms with Crippen molar-refractivity contribution < 1.29 is 14.2 Å². The molecule has 20 heavy (non-hydrogen) atoms. The van der Waals surface area contributed by atoms with E-state index in [1.165, 1.54) is 6.42 Å². The zero-order valence-corrected chi connectivity index (χ0v) is 12.5. The van der Waals surface area contributed by atoms with E-state index in [0.29, 0.717) is 33.0 Å². The summed E-state index contributed by atoms with van der Waals surface area (Å²) in [5.74, 6) is 0. The minimum Gasteiger partial charge on any atom is -0.379 e. The van der Waals surface area contributed by atoms with Crippen molar-refractivity contribution in [2.45, 2.75) is 19.8 Å². The maximum atomic E-state index is 5.53. The van der Waals surface area contributed by atoms with Gasteiger partial charge in [0.05, 0.1) is 33.0 Å². The Morgan fingerprint density at radius 3 is 2.15 bits per heavy atom. The molecule has 112 valence electrons. The average Bonchev–Trinajstić information content (AvgIpc) is 2.50. The van der Waals surface area contributed by atoms with Crippen LogP contribution in [0.4, 0.5) is 0 Å². The summed E-state index contributed by atoms with van der Waals surface area (Å²) in [4.78, 5) is 0. The lowest BCUT2D eigenvalue weighted by Crippen LogP contribution is -2.10. The standard InChI is InChI=1S/C17H26O3/c1-3-4-10-18-11-12-19-13-14-20-15-16(2)17-8-6-5-7-9-17/h5-9H,2-4,10-15H2,1H3. The van der Waals surface area contributed by atoms with Crippen molar-refractivity contribution >= 4 is 5.57 Å². The van der Waals surface area contributed by atoms with Crippen LogP contribution in [0.5, 0.6) is 0 Å². The minimum atomic E-state index is 0.542. The lowest BCUT2D eigenvalue weighted by atomic mass is 10.1. The smallest absolute Gasteiger partial charge is 0.0718 e. The first-order valence-corrected chi connectivity index (χ1v) is 7.31. The molecular formula is C17H26O3. The van der Waals surface area contributed by atoms with Gasteiger partial charge < -0.3 is 14.2 Å². The fraction of sp³-hybridized carbons (Fsp3) is 0.529. The van der Waals surface area contributed by atoms with Gasteiger partial charge in [-0.2, -0.15) is 0 Å². The first-order chi connectivity index (χ1) is 9.84. The number of ether oxygens (including phenoxy) is 3. The van der Waals surface area contributed by atoms with Crippen LogP contribution < -0.4 is 0 Å². The monoisotopic (exact) mass is 278 g/mol. The molecule has 0 spiro atoms. The van der Waals surface area contributed by atoms with E-state index in [1.54, 1.807) is 0 Å². The van der Waals surface area contributed by atoms with Gasteiger partial charge in [0, 0.05) is 6.61 Å². The lowest BCUT2D eigenvalue weighted by molar-refractivity contribution is 0.0198. The highest BCUT2D eigenvalue weighted by molar-refractivity contribution is 5.63. The molecule has 1 aromatic carbocycles. The highest BCUT2D eigenvalue weighted by atomic mass is 16.5. The molecule has 0 N–H and O–H groups in total. The third-order valence-electron chi connectivity index (χ3n) is 2.84. The van der Waals surface area contributed by atoms with Crippen molar-refractivity contribution in [2.75, 3.05) is 39.6 Å². The van der Waals surface area contributed by atoms with E-state index in [2.05, 4.69) is 13.5 Å². The Morgan fingerprint density at radius 1 is 0.900 bits per heavy atom. The van der Waals surface area contributed by atoms with E-state index in [4.69, 9.17) is 14.2 Å². The Hall–Kier alpha value is -1.16. The van der Waals surface area contributed by atoms with Crippen LogP contribution >= 0.6 is 0 Å². The molecule has 3 heteroatoms. The van der Waals surface area contributed by atoms with E-state index in [9.17, 15) is 0 Å². The molecule has 1 aromatic rings. The molecule has 0 aliphatic carbocycles. The van der Waals surface area contributed by atoms with Gasteiger partial charge in [0.15, 0.2) is 0 Å².